The van der Waals surface area contributed by atoms with Gasteiger partial charge in [0, 0.05) is 6.07 Å². The minimum Gasteiger partial charge on any atom is -0.497 e. The second-order valence-electron chi connectivity index (χ2n) is 3.93. The van der Waals surface area contributed by atoms with Crippen molar-refractivity contribution in [3.05, 3.63) is 34.4 Å². The molecule has 106 valence electrons. The lowest BCUT2D eigenvalue weighted by atomic mass is 10.1. The zero-order valence-electron chi connectivity index (χ0n) is 10.6. The summed E-state index contributed by atoms with van der Waals surface area (Å²) >= 11 is 0. The molecule has 0 aliphatic carbocycles. The van der Waals surface area contributed by atoms with Crippen LogP contribution in [0.15, 0.2) is 27.4 Å². The molecule has 0 amide bonds. The third-order valence-corrected chi connectivity index (χ3v) is 2.59. The number of ether oxygens (including phenoxy) is 2. The fourth-order valence-electron chi connectivity index (χ4n) is 1.77. The molecule has 0 saturated carbocycles. The van der Waals surface area contributed by atoms with Gasteiger partial charge in [-0.2, -0.15) is 0 Å². The Bertz CT molecular complexity index is 696. The van der Waals surface area contributed by atoms with Crippen LogP contribution < -0.4 is 15.1 Å². The maximum atomic E-state index is 11.9. The van der Waals surface area contributed by atoms with Gasteiger partial charge in [0.05, 0.1) is 7.11 Å². The summed E-state index contributed by atoms with van der Waals surface area (Å²) in [6, 6.07) is 4.44. The first-order valence-corrected chi connectivity index (χ1v) is 5.65. The lowest BCUT2D eigenvalue weighted by Crippen LogP contribution is -2.12. The maximum Gasteiger partial charge on any atom is 0.347 e. The third kappa shape index (κ3) is 2.72. The van der Waals surface area contributed by atoms with Crippen molar-refractivity contribution < 1.29 is 28.9 Å². The van der Waals surface area contributed by atoms with E-state index in [-0.39, 0.29) is 16.9 Å². The molecule has 2 rings (SSSR count). The Kier molecular flexibility index (Phi) is 3.90. The first-order chi connectivity index (χ1) is 9.55. The van der Waals surface area contributed by atoms with Crippen LogP contribution in [-0.4, -0.2) is 29.9 Å². The molecule has 0 saturated heterocycles. The van der Waals surface area contributed by atoms with Crippen molar-refractivity contribution in [3.63, 3.8) is 0 Å². The lowest BCUT2D eigenvalue weighted by Gasteiger charge is -2.09. The van der Waals surface area contributed by atoms with E-state index >= 15 is 0 Å². The van der Waals surface area contributed by atoms with Gasteiger partial charge >= 0.3 is 11.6 Å². The first-order valence-electron chi connectivity index (χ1n) is 5.65. The van der Waals surface area contributed by atoms with Gasteiger partial charge in [-0.05, 0) is 17.5 Å². The van der Waals surface area contributed by atoms with Crippen molar-refractivity contribution in [1.82, 2.24) is 0 Å². The number of fused-ring (bicyclic) bond motifs is 1. The van der Waals surface area contributed by atoms with Crippen LogP contribution in [0, 0.1) is 0 Å². The second-order valence-corrected chi connectivity index (χ2v) is 3.93. The van der Waals surface area contributed by atoms with Gasteiger partial charge in [-0.3, -0.25) is 0 Å². The number of carboxylic acid groups (broad SMARTS) is 1. The molecular formula is C13H12O7. The number of aliphatic hydroxyl groups is 1. The molecule has 0 unspecified atom stereocenters. The zero-order valence-corrected chi connectivity index (χ0v) is 10.6. The molecule has 0 aliphatic heterocycles. The van der Waals surface area contributed by atoms with Crippen molar-refractivity contribution >= 4 is 16.7 Å². The van der Waals surface area contributed by atoms with E-state index in [4.69, 9.17) is 24.1 Å². The van der Waals surface area contributed by atoms with Gasteiger partial charge in [0.2, 0.25) is 0 Å². The van der Waals surface area contributed by atoms with Crippen LogP contribution in [-0.2, 0) is 11.4 Å². The van der Waals surface area contributed by atoms with Gasteiger partial charge in [0.25, 0.3) is 0 Å². The minimum atomic E-state index is -1.17. The van der Waals surface area contributed by atoms with E-state index in [1.54, 1.807) is 6.07 Å². The van der Waals surface area contributed by atoms with Gasteiger partial charge in [0.1, 0.15) is 29.3 Å². The summed E-state index contributed by atoms with van der Waals surface area (Å²) in [6.07, 6.45) is 0. The summed E-state index contributed by atoms with van der Waals surface area (Å²) in [5, 5.41) is 18.2. The predicted molar refractivity (Wildman–Crippen MR) is 68.1 cm³/mol. The number of methoxy groups -OCH3 is 1. The first kappa shape index (κ1) is 13.9. The van der Waals surface area contributed by atoms with Gasteiger partial charge in [-0.15, -0.1) is 0 Å². The maximum absolute atomic E-state index is 11.9. The highest BCUT2D eigenvalue weighted by Crippen LogP contribution is 2.29. The summed E-state index contributed by atoms with van der Waals surface area (Å²) in [4.78, 5) is 22.4. The van der Waals surface area contributed by atoms with Gasteiger partial charge in [0.15, 0.2) is 6.61 Å². The van der Waals surface area contributed by atoms with E-state index in [2.05, 4.69) is 0 Å². The topological polar surface area (TPSA) is 106 Å². The predicted octanol–water partition coefficient (Wildman–Crippen LogP) is 0.757. The summed E-state index contributed by atoms with van der Waals surface area (Å²) in [6.45, 7) is -1.02. The number of carboxylic acids is 1. The van der Waals surface area contributed by atoms with Crippen LogP contribution in [0.1, 0.15) is 5.76 Å². The van der Waals surface area contributed by atoms with E-state index < -0.39 is 24.8 Å². The van der Waals surface area contributed by atoms with E-state index in [1.807, 2.05) is 0 Å². The fourth-order valence-corrected chi connectivity index (χ4v) is 1.77. The van der Waals surface area contributed by atoms with E-state index in [0.29, 0.717) is 11.1 Å². The smallest absolute Gasteiger partial charge is 0.347 e. The van der Waals surface area contributed by atoms with E-state index in [1.165, 1.54) is 19.2 Å². The fraction of sp³-hybridized carbons (Fsp3) is 0.231. The molecule has 0 aliphatic rings. The highest BCUT2D eigenvalue weighted by molar-refractivity contribution is 5.89. The highest BCUT2D eigenvalue weighted by atomic mass is 16.5. The molecule has 0 atom stereocenters. The van der Waals surface area contributed by atoms with Gasteiger partial charge in [-0.25, -0.2) is 9.59 Å². The standard InChI is InChI=1S/C13H12O7/c1-18-8-2-7-3-9(5-14)20-13(17)12(7)10(4-8)19-6-11(15)16/h2-4,14H,5-6H2,1H3,(H,15,16). The summed E-state index contributed by atoms with van der Waals surface area (Å²) in [5.74, 6) is -0.621. The summed E-state index contributed by atoms with van der Waals surface area (Å²) < 4.78 is 15.0. The Morgan fingerprint density at radius 2 is 2.10 bits per heavy atom. The molecule has 0 fully saturated rings. The molecule has 7 nitrogen and oxygen atoms in total. The molecule has 2 N–H and O–H groups in total. The van der Waals surface area contributed by atoms with Crippen molar-refractivity contribution in [1.29, 1.82) is 0 Å². The molecule has 0 radical (unpaired) electrons. The van der Waals surface area contributed by atoms with Crippen LogP contribution in [0.4, 0.5) is 0 Å². The molecule has 1 heterocycles. The number of hydrogen-bond donors (Lipinski definition) is 2. The number of aliphatic carboxylic acids is 1. The average Bonchev–Trinajstić information content (AvgIpc) is 2.43. The number of carbonyl (C=O) groups is 1. The van der Waals surface area contributed by atoms with Crippen molar-refractivity contribution in [2.75, 3.05) is 13.7 Å². The third-order valence-electron chi connectivity index (χ3n) is 2.59. The number of hydrogen-bond acceptors (Lipinski definition) is 6. The minimum absolute atomic E-state index is 0.0555. The molecule has 0 bridgehead atoms. The molecule has 2 aromatic rings. The Hall–Kier alpha value is -2.54. The van der Waals surface area contributed by atoms with E-state index in [9.17, 15) is 9.59 Å². The van der Waals surface area contributed by atoms with Crippen molar-refractivity contribution in [3.8, 4) is 11.5 Å². The summed E-state index contributed by atoms with van der Waals surface area (Å²) in [7, 11) is 1.43. The number of aliphatic hydroxyl groups excluding tert-OH is 1. The normalized spacial score (nSPS) is 10.5. The average molecular weight is 280 g/mol. The molecule has 1 aromatic carbocycles. The Morgan fingerprint density at radius 1 is 1.35 bits per heavy atom. The second kappa shape index (κ2) is 5.62. The van der Waals surface area contributed by atoms with Crippen LogP contribution >= 0.6 is 0 Å². The molecule has 20 heavy (non-hydrogen) atoms. The Labute approximate surface area is 113 Å². The summed E-state index contributed by atoms with van der Waals surface area (Å²) in [5.41, 5.74) is -0.713. The van der Waals surface area contributed by atoms with Crippen molar-refractivity contribution in [2.24, 2.45) is 0 Å². The van der Waals surface area contributed by atoms with Gasteiger partial charge < -0.3 is 24.1 Å². The van der Waals surface area contributed by atoms with Crippen LogP contribution in [0.2, 0.25) is 0 Å². The van der Waals surface area contributed by atoms with Gasteiger partial charge in [-0.1, -0.05) is 0 Å². The van der Waals surface area contributed by atoms with Crippen LogP contribution in [0.25, 0.3) is 10.8 Å². The number of benzene rings is 1. The Morgan fingerprint density at radius 3 is 2.70 bits per heavy atom. The molecular weight excluding hydrogens is 268 g/mol. The van der Waals surface area contributed by atoms with Crippen LogP contribution in [0.5, 0.6) is 11.5 Å². The lowest BCUT2D eigenvalue weighted by molar-refractivity contribution is -0.139. The zero-order chi connectivity index (χ0) is 14.7. The highest BCUT2D eigenvalue weighted by Gasteiger charge is 2.13. The van der Waals surface area contributed by atoms with Crippen molar-refractivity contribution in [2.45, 2.75) is 6.61 Å². The van der Waals surface area contributed by atoms with E-state index in [0.717, 1.165) is 0 Å². The molecule has 1 aromatic heterocycles. The largest absolute Gasteiger partial charge is 0.497 e. The quantitative estimate of drug-likeness (QED) is 0.832. The molecule has 7 heteroatoms. The SMILES string of the molecule is COc1cc(OCC(=O)O)c2c(=O)oc(CO)cc2c1. The monoisotopic (exact) mass is 280 g/mol. The number of rotatable bonds is 5. The Balaban J connectivity index is 2.64. The van der Waals surface area contributed by atoms with Crippen LogP contribution in [0.3, 0.4) is 0 Å². The molecule has 0 spiro atoms.